The molecule has 15 rings (SSSR count). The number of nitrogens with zero attached hydrogens (tertiary/aromatic N) is 2. The van der Waals surface area contributed by atoms with Gasteiger partial charge >= 0.3 is 0 Å². The molecule has 0 amide bonds. The number of benzene rings is 11. The summed E-state index contributed by atoms with van der Waals surface area (Å²) in [5.74, 6) is 0. The zero-order valence-electron chi connectivity index (χ0n) is 35.7. The molecule has 0 bridgehead atoms. The minimum atomic E-state index is -0.558. The zero-order valence-corrected chi connectivity index (χ0v) is 35.7. The van der Waals surface area contributed by atoms with Crippen LogP contribution in [0.3, 0.4) is 0 Å². The van der Waals surface area contributed by atoms with Crippen LogP contribution in [-0.2, 0) is 5.41 Å². The fourth-order valence-corrected chi connectivity index (χ4v) is 12.2. The Hall–Kier alpha value is -8.66. The number of furan rings is 1. The van der Waals surface area contributed by atoms with Crippen LogP contribution in [0.4, 0.5) is 17.1 Å². The van der Waals surface area contributed by atoms with Crippen molar-refractivity contribution in [3.8, 4) is 27.9 Å². The molecule has 0 atom stereocenters. The van der Waals surface area contributed by atoms with Crippen molar-refractivity contribution < 1.29 is 4.42 Å². The van der Waals surface area contributed by atoms with Crippen LogP contribution >= 0.6 is 0 Å². The van der Waals surface area contributed by atoms with Gasteiger partial charge in [0.2, 0.25) is 0 Å². The first-order chi connectivity index (χ1) is 32.8. The number of hydrogen-bond donors (Lipinski definition) is 0. The molecule has 66 heavy (non-hydrogen) atoms. The lowest BCUT2D eigenvalue weighted by atomic mass is 9.61. The van der Waals surface area contributed by atoms with Gasteiger partial charge in [-0.3, -0.25) is 0 Å². The van der Waals surface area contributed by atoms with Crippen LogP contribution in [0.2, 0.25) is 0 Å². The highest BCUT2D eigenvalue weighted by atomic mass is 16.3. The molecule has 3 heteroatoms. The van der Waals surface area contributed by atoms with E-state index in [-0.39, 0.29) is 0 Å². The molecule has 0 saturated heterocycles. The van der Waals surface area contributed by atoms with Gasteiger partial charge in [0.25, 0.3) is 0 Å². The SMILES string of the molecule is c1ccc2c(c1)-c1ccccc1C21c2cc(N(c3ccc4c5ccccc5n(-c5cccc6ccccc56)c4c3)c3cccc4oc5ccccc5c34)ccc2-c2cccc3cccc1c23. The number of anilines is 3. The Morgan fingerprint density at radius 2 is 0.924 bits per heavy atom. The van der Waals surface area contributed by atoms with E-state index in [0.29, 0.717) is 0 Å². The monoisotopic (exact) mass is 838 g/mol. The van der Waals surface area contributed by atoms with Gasteiger partial charge in [-0.15, -0.1) is 0 Å². The molecule has 2 heterocycles. The van der Waals surface area contributed by atoms with Crippen LogP contribution in [0, 0.1) is 0 Å². The fourth-order valence-electron chi connectivity index (χ4n) is 12.2. The fraction of sp³-hybridized carbons (Fsp3) is 0.0159. The molecule has 1 spiro atoms. The van der Waals surface area contributed by atoms with Gasteiger partial charge in [0, 0.05) is 32.9 Å². The van der Waals surface area contributed by atoms with E-state index in [1.165, 1.54) is 82.3 Å². The van der Waals surface area contributed by atoms with Gasteiger partial charge in [-0.2, -0.15) is 0 Å². The maximum atomic E-state index is 6.63. The summed E-state index contributed by atoms with van der Waals surface area (Å²) in [6.45, 7) is 0. The maximum absolute atomic E-state index is 6.63. The molecule has 0 aliphatic heterocycles. The van der Waals surface area contributed by atoms with Crippen molar-refractivity contribution in [3.05, 3.63) is 253 Å². The second-order valence-corrected chi connectivity index (χ2v) is 17.9. The molecule has 2 aliphatic carbocycles. The van der Waals surface area contributed by atoms with E-state index in [0.717, 1.165) is 50.2 Å². The summed E-state index contributed by atoms with van der Waals surface area (Å²) >= 11 is 0. The lowest BCUT2D eigenvalue weighted by Gasteiger charge is -2.41. The molecule has 2 aliphatic rings. The van der Waals surface area contributed by atoms with E-state index in [1.807, 2.05) is 0 Å². The number of para-hydroxylation sites is 2. The average molecular weight is 839 g/mol. The van der Waals surface area contributed by atoms with Gasteiger partial charge in [-0.1, -0.05) is 176 Å². The molecule has 11 aromatic carbocycles. The van der Waals surface area contributed by atoms with Gasteiger partial charge in [0.05, 0.1) is 33.2 Å². The van der Waals surface area contributed by atoms with Gasteiger partial charge in [0.15, 0.2) is 0 Å². The predicted octanol–water partition coefficient (Wildman–Crippen LogP) is 16.8. The van der Waals surface area contributed by atoms with Crippen molar-refractivity contribution >= 4 is 82.4 Å². The Balaban J connectivity index is 1.07. The lowest BCUT2D eigenvalue weighted by Crippen LogP contribution is -2.32. The van der Waals surface area contributed by atoms with Crippen molar-refractivity contribution in [1.29, 1.82) is 0 Å². The van der Waals surface area contributed by atoms with E-state index in [2.05, 4.69) is 240 Å². The third-order valence-corrected chi connectivity index (χ3v) is 14.8. The summed E-state index contributed by atoms with van der Waals surface area (Å²) in [5, 5.41) is 9.63. The molecule has 0 unspecified atom stereocenters. The first-order valence-corrected chi connectivity index (χ1v) is 22.8. The molecule has 0 N–H and O–H groups in total. The molecule has 3 nitrogen and oxygen atoms in total. The van der Waals surface area contributed by atoms with Crippen molar-refractivity contribution in [2.45, 2.75) is 5.41 Å². The molecule has 0 radical (unpaired) electrons. The van der Waals surface area contributed by atoms with Crippen LogP contribution in [0.25, 0.3) is 93.2 Å². The number of aromatic nitrogens is 1. The summed E-state index contributed by atoms with van der Waals surface area (Å²) in [5.41, 5.74) is 18.2. The molecule has 0 saturated carbocycles. The summed E-state index contributed by atoms with van der Waals surface area (Å²) in [4.78, 5) is 2.48. The second-order valence-electron chi connectivity index (χ2n) is 17.9. The molecule has 13 aromatic rings. The average Bonchev–Trinajstić information content (AvgIpc) is 4.02. The topological polar surface area (TPSA) is 21.3 Å². The third kappa shape index (κ3) is 4.61. The van der Waals surface area contributed by atoms with Crippen molar-refractivity contribution in [2.75, 3.05) is 4.90 Å². The van der Waals surface area contributed by atoms with Crippen molar-refractivity contribution in [3.63, 3.8) is 0 Å². The normalized spacial score (nSPS) is 13.3. The molecular weight excluding hydrogens is 801 g/mol. The quantitative estimate of drug-likeness (QED) is 0.176. The molecular formula is C63H38N2O. The standard InChI is InChI=1S/C63H38N2O/c1-2-19-43-39(15-1)16-13-29-55(43)65-56-28-9-5-22-47(56)48-36-34-42(38-58(48)65)64(57-30-14-32-60-62(57)50-23-6-10-31-59(50)66-60)41-33-35-46-49-24-11-17-40-18-12-27-53(61(40)49)63(54(46)37-41)51-25-7-3-20-44(51)45-21-4-8-26-52(45)63/h1-38H. The Kier molecular flexibility index (Phi) is 7.15. The summed E-state index contributed by atoms with van der Waals surface area (Å²) in [7, 11) is 0. The number of fused-ring (bicyclic) bond motifs is 16. The van der Waals surface area contributed by atoms with E-state index in [1.54, 1.807) is 0 Å². The van der Waals surface area contributed by atoms with Crippen LogP contribution in [0.1, 0.15) is 22.3 Å². The number of hydrogen-bond acceptors (Lipinski definition) is 2. The Labute approximate surface area is 380 Å². The Morgan fingerprint density at radius 3 is 1.79 bits per heavy atom. The second kappa shape index (κ2) is 13.2. The maximum Gasteiger partial charge on any atom is 0.137 e. The first-order valence-electron chi connectivity index (χ1n) is 22.8. The lowest BCUT2D eigenvalue weighted by molar-refractivity contribution is 0.669. The summed E-state index contributed by atoms with van der Waals surface area (Å²) in [6.07, 6.45) is 0. The summed E-state index contributed by atoms with van der Waals surface area (Å²) < 4.78 is 9.10. The van der Waals surface area contributed by atoms with Crippen LogP contribution in [0.5, 0.6) is 0 Å². The van der Waals surface area contributed by atoms with Crippen LogP contribution < -0.4 is 4.90 Å². The molecule has 0 fully saturated rings. The minimum Gasteiger partial charge on any atom is -0.456 e. The van der Waals surface area contributed by atoms with Crippen molar-refractivity contribution in [2.24, 2.45) is 0 Å². The van der Waals surface area contributed by atoms with Crippen LogP contribution in [-0.4, -0.2) is 4.57 Å². The van der Waals surface area contributed by atoms with Gasteiger partial charge in [-0.25, -0.2) is 0 Å². The first kappa shape index (κ1) is 35.8. The predicted molar refractivity (Wildman–Crippen MR) is 274 cm³/mol. The Bertz CT molecular complexity index is 4150. The zero-order chi connectivity index (χ0) is 43.1. The van der Waals surface area contributed by atoms with Crippen LogP contribution in [0.15, 0.2) is 235 Å². The highest BCUT2D eigenvalue weighted by Gasteiger charge is 2.50. The van der Waals surface area contributed by atoms with Gasteiger partial charge < -0.3 is 13.9 Å². The van der Waals surface area contributed by atoms with E-state index >= 15 is 0 Å². The Morgan fingerprint density at radius 1 is 0.348 bits per heavy atom. The smallest absolute Gasteiger partial charge is 0.137 e. The minimum absolute atomic E-state index is 0.558. The number of rotatable bonds is 4. The van der Waals surface area contributed by atoms with E-state index in [4.69, 9.17) is 4.42 Å². The summed E-state index contributed by atoms with van der Waals surface area (Å²) in [6, 6.07) is 85.3. The third-order valence-electron chi connectivity index (χ3n) is 14.8. The highest BCUT2D eigenvalue weighted by molar-refractivity contribution is 6.16. The largest absolute Gasteiger partial charge is 0.456 e. The van der Waals surface area contributed by atoms with Gasteiger partial charge in [0.1, 0.15) is 11.2 Å². The molecule has 2 aromatic heterocycles. The van der Waals surface area contributed by atoms with E-state index in [9.17, 15) is 0 Å². The molecule has 306 valence electrons. The van der Waals surface area contributed by atoms with Crippen molar-refractivity contribution in [1.82, 2.24) is 4.57 Å². The van der Waals surface area contributed by atoms with Gasteiger partial charge in [-0.05, 0) is 115 Å². The highest BCUT2D eigenvalue weighted by Crippen LogP contribution is 2.62. The van der Waals surface area contributed by atoms with E-state index < -0.39 is 5.41 Å².